The van der Waals surface area contributed by atoms with Gasteiger partial charge in [-0.2, -0.15) is 0 Å². The largest absolute Gasteiger partial charge is 0.409 e. The highest BCUT2D eigenvalue weighted by Gasteiger charge is 2.24. The van der Waals surface area contributed by atoms with Crippen LogP contribution in [0.3, 0.4) is 0 Å². The first-order valence-corrected chi connectivity index (χ1v) is 6.91. The molecule has 0 aromatic carbocycles. The van der Waals surface area contributed by atoms with Crippen molar-refractivity contribution in [3.63, 3.8) is 0 Å². The van der Waals surface area contributed by atoms with Gasteiger partial charge in [0.15, 0.2) is 17.3 Å². The van der Waals surface area contributed by atoms with E-state index in [2.05, 4.69) is 26.9 Å². The molecule has 1 aromatic heterocycles. The molecule has 2 heterocycles. The van der Waals surface area contributed by atoms with E-state index in [4.69, 9.17) is 15.7 Å². The minimum absolute atomic E-state index is 0.0234. The molecule has 2 rings (SSSR count). The van der Waals surface area contributed by atoms with Gasteiger partial charge in [-0.3, -0.25) is 0 Å². The first-order chi connectivity index (χ1) is 9.76. The fourth-order valence-corrected chi connectivity index (χ4v) is 2.34. The van der Waals surface area contributed by atoms with Crippen molar-refractivity contribution >= 4 is 11.7 Å². The lowest BCUT2D eigenvalue weighted by Gasteiger charge is -2.33. The van der Waals surface area contributed by atoms with Crippen LogP contribution >= 0.6 is 0 Å². The summed E-state index contributed by atoms with van der Waals surface area (Å²) in [5.41, 5.74) is 6.06. The number of rotatable bonds is 5. The van der Waals surface area contributed by atoms with Crippen LogP contribution in [-0.2, 0) is 4.74 Å². The van der Waals surface area contributed by atoms with Crippen molar-refractivity contribution in [2.45, 2.75) is 32.3 Å². The monoisotopic (exact) mass is 279 g/mol. The highest BCUT2D eigenvalue weighted by Crippen LogP contribution is 2.21. The van der Waals surface area contributed by atoms with E-state index < -0.39 is 0 Å². The Morgan fingerprint density at radius 3 is 3.10 bits per heavy atom. The van der Waals surface area contributed by atoms with E-state index in [-0.39, 0.29) is 11.9 Å². The van der Waals surface area contributed by atoms with Crippen LogP contribution in [0.15, 0.2) is 17.5 Å². The number of piperidine rings is 1. The maximum atomic E-state index is 8.83. The van der Waals surface area contributed by atoms with Crippen molar-refractivity contribution in [2.75, 3.05) is 24.6 Å². The highest BCUT2D eigenvalue weighted by atomic mass is 16.5. The third-order valence-electron chi connectivity index (χ3n) is 3.26. The van der Waals surface area contributed by atoms with Crippen molar-refractivity contribution in [3.8, 4) is 0 Å². The average molecular weight is 279 g/mol. The molecule has 1 unspecified atom stereocenters. The van der Waals surface area contributed by atoms with Gasteiger partial charge < -0.3 is 20.6 Å². The van der Waals surface area contributed by atoms with Crippen LogP contribution in [0.1, 0.15) is 31.9 Å². The van der Waals surface area contributed by atoms with Crippen LogP contribution in [0.4, 0.5) is 5.82 Å². The molecule has 1 aromatic rings. The Bertz CT molecular complexity index is 466. The first-order valence-electron chi connectivity index (χ1n) is 6.91. The predicted molar refractivity (Wildman–Crippen MR) is 76.0 cm³/mol. The molecule has 0 aliphatic carbocycles. The number of hydrogen-bond donors (Lipinski definition) is 2. The minimum atomic E-state index is -0.0234. The van der Waals surface area contributed by atoms with Crippen molar-refractivity contribution in [2.24, 2.45) is 10.9 Å². The Kier molecular flexibility index (Phi) is 5.11. The molecule has 0 amide bonds. The van der Waals surface area contributed by atoms with Crippen LogP contribution in [0, 0.1) is 0 Å². The van der Waals surface area contributed by atoms with Crippen LogP contribution in [-0.4, -0.2) is 46.8 Å². The first kappa shape index (κ1) is 14.5. The second kappa shape index (κ2) is 7.04. The van der Waals surface area contributed by atoms with Gasteiger partial charge in [-0.1, -0.05) is 12.1 Å². The summed E-state index contributed by atoms with van der Waals surface area (Å²) in [7, 11) is 0. The van der Waals surface area contributed by atoms with Crippen LogP contribution in [0.2, 0.25) is 0 Å². The molecule has 1 saturated heterocycles. The van der Waals surface area contributed by atoms with Crippen LogP contribution < -0.4 is 10.6 Å². The van der Waals surface area contributed by atoms with E-state index in [0.29, 0.717) is 11.5 Å². The standard InChI is InChI=1S/C13H21N5O2/c1-2-8-20-10-4-3-7-18(9-10)13-11(12(14)17-19)15-5-6-16-13/h5-6,10,19H,2-4,7-9H2,1H3,(H2,14,17). The number of amidine groups is 1. The third-order valence-corrected chi connectivity index (χ3v) is 3.26. The van der Waals surface area contributed by atoms with Crippen LogP contribution in [0.5, 0.6) is 0 Å². The molecule has 0 saturated carbocycles. The average Bonchev–Trinajstić information content (AvgIpc) is 2.52. The summed E-state index contributed by atoms with van der Waals surface area (Å²) < 4.78 is 5.81. The van der Waals surface area contributed by atoms with E-state index in [1.54, 1.807) is 6.20 Å². The Balaban J connectivity index is 2.14. The number of hydrogen-bond acceptors (Lipinski definition) is 6. The van der Waals surface area contributed by atoms with E-state index >= 15 is 0 Å². The Hall–Kier alpha value is -1.89. The van der Waals surface area contributed by atoms with Gasteiger partial charge in [-0.25, -0.2) is 9.97 Å². The summed E-state index contributed by atoms with van der Waals surface area (Å²) in [5.74, 6) is 0.622. The fourth-order valence-electron chi connectivity index (χ4n) is 2.34. The van der Waals surface area contributed by atoms with Gasteiger partial charge in [0.25, 0.3) is 0 Å². The highest BCUT2D eigenvalue weighted by molar-refractivity contribution is 5.99. The quantitative estimate of drug-likeness (QED) is 0.361. The van der Waals surface area contributed by atoms with Gasteiger partial charge in [-0.05, 0) is 19.3 Å². The smallest absolute Gasteiger partial charge is 0.192 e. The molecule has 1 atom stereocenters. The molecule has 20 heavy (non-hydrogen) atoms. The van der Waals surface area contributed by atoms with Crippen molar-refractivity contribution < 1.29 is 9.94 Å². The van der Waals surface area contributed by atoms with Crippen molar-refractivity contribution in [3.05, 3.63) is 18.1 Å². The topological polar surface area (TPSA) is 96.9 Å². The summed E-state index contributed by atoms with van der Waals surface area (Å²) in [5, 5.41) is 11.8. The molecular weight excluding hydrogens is 258 g/mol. The zero-order valence-corrected chi connectivity index (χ0v) is 11.7. The maximum Gasteiger partial charge on any atom is 0.192 e. The van der Waals surface area contributed by atoms with E-state index in [9.17, 15) is 0 Å². The molecule has 3 N–H and O–H groups in total. The van der Waals surface area contributed by atoms with E-state index in [0.717, 1.165) is 39.0 Å². The predicted octanol–water partition coefficient (Wildman–Crippen LogP) is 0.967. The summed E-state index contributed by atoms with van der Waals surface area (Å²) >= 11 is 0. The molecule has 7 heteroatoms. The van der Waals surface area contributed by atoms with Gasteiger partial charge in [-0.15, -0.1) is 0 Å². The number of oxime groups is 1. The number of aromatic nitrogens is 2. The Morgan fingerprint density at radius 2 is 2.35 bits per heavy atom. The molecule has 1 fully saturated rings. The molecule has 0 bridgehead atoms. The summed E-state index contributed by atoms with van der Waals surface area (Å²) in [6.45, 7) is 4.49. The third kappa shape index (κ3) is 3.36. The normalized spacial score (nSPS) is 20.1. The Morgan fingerprint density at radius 1 is 1.55 bits per heavy atom. The lowest BCUT2D eigenvalue weighted by Crippen LogP contribution is -2.41. The molecule has 0 spiro atoms. The lowest BCUT2D eigenvalue weighted by molar-refractivity contribution is 0.0439. The lowest BCUT2D eigenvalue weighted by atomic mass is 10.1. The number of ether oxygens (including phenoxy) is 1. The summed E-state index contributed by atoms with van der Waals surface area (Å²) in [6.07, 6.45) is 6.44. The molecule has 1 aliphatic rings. The second-order valence-corrected chi connectivity index (χ2v) is 4.79. The van der Waals surface area contributed by atoms with Gasteiger partial charge >= 0.3 is 0 Å². The van der Waals surface area contributed by atoms with Gasteiger partial charge in [0.2, 0.25) is 0 Å². The van der Waals surface area contributed by atoms with E-state index in [1.807, 2.05) is 0 Å². The van der Waals surface area contributed by atoms with E-state index in [1.165, 1.54) is 6.20 Å². The minimum Gasteiger partial charge on any atom is -0.409 e. The molecule has 110 valence electrons. The van der Waals surface area contributed by atoms with Crippen molar-refractivity contribution in [1.82, 2.24) is 9.97 Å². The number of nitrogens with zero attached hydrogens (tertiary/aromatic N) is 4. The molecule has 7 nitrogen and oxygen atoms in total. The zero-order chi connectivity index (χ0) is 14.4. The molecule has 1 aliphatic heterocycles. The number of anilines is 1. The second-order valence-electron chi connectivity index (χ2n) is 4.79. The SMILES string of the molecule is CCCOC1CCCN(c2nccnc2C(N)=NO)C1. The maximum absolute atomic E-state index is 8.83. The van der Waals surface area contributed by atoms with Gasteiger partial charge in [0.05, 0.1) is 6.10 Å². The van der Waals surface area contributed by atoms with Gasteiger partial charge in [0.1, 0.15) is 0 Å². The molecular formula is C13H21N5O2. The number of nitrogens with two attached hydrogens (primary N) is 1. The summed E-state index contributed by atoms with van der Waals surface area (Å²) in [4.78, 5) is 10.6. The fraction of sp³-hybridized carbons (Fsp3) is 0.615. The van der Waals surface area contributed by atoms with Crippen LogP contribution in [0.25, 0.3) is 0 Å². The molecule has 0 radical (unpaired) electrons. The zero-order valence-electron chi connectivity index (χ0n) is 11.7. The van der Waals surface area contributed by atoms with Gasteiger partial charge in [0, 0.05) is 32.1 Å². The van der Waals surface area contributed by atoms with Crippen molar-refractivity contribution in [1.29, 1.82) is 0 Å². The Labute approximate surface area is 118 Å². The summed E-state index contributed by atoms with van der Waals surface area (Å²) in [6, 6.07) is 0.